The quantitative estimate of drug-likeness (QED) is 0.805. The van der Waals surface area contributed by atoms with Crippen LogP contribution < -0.4 is 5.32 Å². The summed E-state index contributed by atoms with van der Waals surface area (Å²) in [6, 6.07) is 2.14. The van der Waals surface area contributed by atoms with E-state index in [1.165, 1.54) is 21.2 Å². The average Bonchev–Trinajstić information content (AvgIpc) is 3.14. The first-order chi connectivity index (χ1) is 10.6. The Hall–Kier alpha value is -1.66. The highest BCUT2D eigenvalue weighted by molar-refractivity contribution is 7.26. The zero-order valence-electron chi connectivity index (χ0n) is 13.1. The zero-order chi connectivity index (χ0) is 15.3. The van der Waals surface area contributed by atoms with Gasteiger partial charge in [-0.05, 0) is 38.3 Å². The maximum atomic E-state index is 5.68. The van der Waals surface area contributed by atoms with Crippen LogP contribution in [0.2, 0.25) is 0 Å². The molecule has 116 valence electrons. The maximum absolute atomic E-state index is 5.68. The summed E-state index contributed by atoms with van der Waals surface area (Å²) in [5.41, 5.74) is 3.51. The molecule has 0 amide bonds. The molecule has 1 N–H and O–H groups in total. The molecule has 0 radical (unpaired) electrons. The standard InChI is InChI=1S/C16H20N4OS/c1-9-7-10(2)18-16-12(9)13-14(22-16)15(19-20(13)3)17-8-11-5-4-6-21-11/h7,11H,4-6,8H2,1-3H3,(H,17,19). The summed E-state index contributed by atoms with van der Waals surface area (Å²) in [7, 11) is 2.00. The van der Waals surface area contributed by atoms with Crippen LogP contribution >= 0.6 is 11.3 Å². The van der Waals surface area contributed by atoms with Gasteiger partial charge in [0.2, 0.25) is 0 Å². The van der Waals surface area contributed by atoms with Crippen molar-refractivity contribution in [2.75, 3.05) is 18.5 Å². The monoisotopic (exact) mass is 316 g/mol. The third-order valence-electron chi connectivity index (χ3n) is 4.27. The maximum Gasteiger partial charge on any atom is 0.166 e. The Labute approximate surface area is 133 Å². The Kier molecular flexibility index (Phi) is 3.31. The fourth-order valence-corrected chi connectivity index (χ4v) is 4.55. The molecule has 0 aliphatic carbocycles. The molecule has 4 rings (SSSR count). The second kappa shape index (κ2) is 5.21. The molecule has 0 spiro atoms. The van der Waals surface area contributed by atoms with Crippen LogP contribution in [0.1, 0.15) is 24.1 Å². The van der Waals surface area contributed by atoms with Gasteiger partial charge in [0.15, 0.2) is 5.82 Å². The van der Waals surface area contributed by atoms with E-state index in [2.05, 4.69) is 23.4 Å². The minimum absolute atomic E-state index is 0.313. The molecule has 1 unspecified atom stereocenters. The molecule has 0 aromatic carbocycles. The lowest BCUT2D eigenvalue weighted by atomic mass is 10.1. The number of aromatic nitrogens is 3. The number of aryl methyl sites for hydroxylation is 3. The summed E-state index contributed by atoms with van der Waals surface area (Å²) in [6.07, 6.45) is 2.61. The number of rotatable bonds is 3. The van der Waals surface area contributed by atoms with Crippen LogP contribution in [0.3, 0.4) is 0 Å². The molecule has 0 bridgehead atoms. The van der Waals surface area contributed by atoms with Gasteiger partial charge in [-0.1, -0.05) is 0 Å². The predicted molar refractivity (Wildman–Crippen MR) is 90.8 cm³/mol. The van der Waals surface area contributed by atoms with Crippen LogP contribution in [-0.4, -0.2) is 34.0 Å². The highest BCUT2D eigenvalue weighted by Crippen LogP contribution is 2.38. The van der Waals surface area contributed by atoms with E-state index in [1.54, 1.807) is 11.3 Å². The molecule has 3 aromatic heterocycles. The Morgan fingerprint density at radius 3 is 3.09 bits per heavy atom. The molecule has 3 aromatic rings. The summed E-state index contributed by atoms with van der Waals surface area (Å²) in [6.45, 7) is 5.91. The first-order valence-electron chi connectivity index (χ1n) is 7.72. The normalized spacial score (nSPS) is 18.6. The van der Waals surface area contributed by atoms with Crippen molar-refractivity contribution < 1.29 is 4.74 Å². The fraction of sp³-hybridized carbons (Fsp3) is 0.500. The van der Waals surface area contributed by atoms with Gasteiger partial charge in [0, 0.05) is 31.3 Å². The highest BCUT2D eigenvalue weighted by atomic mass is 32.1. The molecule has 1 aliphatic rings. The lowest BCUT2D eigenvalue weighted by Crippen LogP contribution is -2.18. The average molecular weight is 316 g/mol. The van der Waals surface area contributed by atoms with E-state index in [0.29, 0.717) is 6.10 Å². The van der Waals surface area contributed by atoms with E-state index in [4.69, 9.17) is 9.72 Å². The molecule has 1 fully saturated rings. The van der Waals surface area contributed by atoms with Crippen LogP contribution in [0.25, 0.3) is 20.4 Å². The third-order valence-corrected chi connectivity index (χ3v) is 5.35. The van der Waals surface area contributed by atoms with Crippen molar-refractivity contribution >= 4 is 37.6 Å². The van der Waals surface area contributed by atoms with Crippen molar-refractivity contribution in [2.45, 2.75) is 32.8 Å². The van der Waals surface area contributed by atoms with E-state index < -0.39 is 0 Å². The smallest absolute Gasteiger partial charge is 0.166 e. The first-order valence-corrected chi connectivity index (χ1v) is 8.54. The Bertz CT molecular complexity index is 845. The van der Waals surface area contributed by atoms with Gasteiger partial charge in [-0.3, -0.25) is 4.68 Å². The van der Waals surface area contributed by atoms with Crippen molar-refractivity contribution in [3.63, 3.8) is 0 Å². The molecule has 1 atom stereocenters. The summed E-state index contributed by atoms with van der Waals surface area (Å²) >= 11 is 1.72. The highest BCUT2D eigenvalue weighted by Gasteiger charge is 2.20. The number of thiophene rings is 1. The largest absolute Gasteiger partial charge is 0.376 e. The van der Waals surface area contributed by atoms with Crippen molar-refractivity contribution in [1.82, 2.24) is 14.8 Å². The topological polar surface area (TPSA) is 52.0 Å². The van der Waals surface area contributed by atoms with Gasteiger partial charge in [-0.15, -0.1) is 11.3 Å². The molecular weight excluding hydrogens is 296 g/mol. The van der Waals surface area contributed by atoms with E-state index in [9.17, 15) is 0 Å². The number of anilines is 1. The van der Waals surface area contributed by atoms with Crippen molar-refractivity contribution in [1.29, 1.82) is 0 Å². The molecule has 1 saturated heterocycles. The number of ether oxygens (including phenoxy) is 1. The molecular formula is C16H20N4OS. The molecule has 0 saturated carbocycles. The van der Waals surface area contributed by atoms with Crippen molar-refractivity contribution in [2.24, 2.45) is 7.05 Å². The van der Waals surface area contributed by atoms with E-state index >= 15 is 0 Å². The SMILES string of the molecule is Cc1cc(C)c2c(n1)sc1c(NCC3CCCO3)nn(C)c12. The minimum Gasteiger partial charge on any atom is -0.376 e. The molecule has 6 heteroatoms. The van der Waals surface area contributed by atoms with Crippen LogP contribution in [0.5, 0.6) is 0 Å². The van der Waals surface area contributed by atoms with Gasteiger partial charge in [0.25, 0.3) is 0 Å². The fourth-order valence-electron chi connectivity index (χ4n) is 3.27. The Morgan fingerprint density at radius 2 is 2.32 bits per heavy atom. The van der Waals surface area contributed by atoms with Gasteiger partial charge in [-0.2, -0.15) is 5.10 Å². The number of hydrogen-bond donors (Lipinski definition) is 1. The Morgan fingerprint density at radius 1 is 1.45 bits per heavy atom. The van der Waals surface area contributed by atoms with E-state index in [-0.39, 0.29) is 0 Å². The van der Waals surface area contributed by atoms with Crippen LogP contribution in [0.4, 0.5) is 5.82 Å². The van der Waals surface area contributed by atoms with E-state index in [0.717, 1.165) is 42.3 Å². The summed E-state index contributed by atoms with van der Waals surface area (Å²) in [5.74, 6) is 0.952. The predicted octanol–water partition coefficient (Wildman–Crippen LogP) is 3.39. The lowest BCUT2D eigenvalue weighted by Gasteiger charge is -2.09. The first kappa shape index (κ1) is 14.0. The third kappa shape index (κ3) is 2.18. The second-order valence-corrected chi connectivity index (χ2v) is 7.03. The van der Waals surface area contributed by atoms with Gasteiger partial charge >= 0.3 is 0 Å². The number of nitrogens with one attached hydrogen (secondary N) is 1. The second-order valence-electron chi connectivity index (χ2n) is 6.03. The van der Waals surface area contributed by atoms with Gasteiger partial charge in [0.05, 0.1) is 16.3 Å². The summed E-state index contributed by atoms with van der Waals surface area (Å²) in [4.78, 5) is 5.79. The van der Waals surface area contributed by atoms with Crippen LogP contribution in [0.15, 0.2) is 6.07 Å². The molecule has 5 nitrogen and oxygen atoms in total. The van der Waals surface area contributed by atoms with E-state index in [1.807, 2.05) is 18.7 Å². The number of hydrogen-bond acceptors (Lipinski definition) is 5. The lowest BCUT2D eigenvalue weighted by molar-refractivity contribution is 0.120. The van der Waals surface area contributed by atoms with Crippen molar-refractivity contribution in [3.8, 4) is 0 Å². The van der Waals surface area contributed by atoms with Gasteiger partial charge in [-0.25, -0.2) is 4.98 Å². The molecule has 22 heavy (non-hydrogen) atoms. The number of nitrogens with zero attached hydrogens (tertiary/aromatic N) is 3. The van der Waals surface area contributed by atoms with Gasteiger partial charge in [0.1, 0.15) is 4.83 Å². The number of fused-ring (bicyclic) bond motifs is 3. The zero-order valence-corrected chi connectivity index (χ0v) is 14.0. The van der Waals surface area contributed by atoms with Crippen molar-refractivity contribution in [3.05, 3.63) is 17.3 Å². The van der Waals surface area contributed by atoms with Crippen LogP contribution in [0, 0.1) is 13.8 Å². The Balaban J connectivity index is 1.77. The summed E-state index contributed by atoms with van der Waals surface area (Å²) < 4.78 is 8.84. The number of pyridine rings is 1. The summed E-state index contributed by atoms with van der Waals surface area (Å²) in [5, 5.41) is 9.36. The van der Waals surface area contributed by atoms with Crippen LogP contribution in [-0.2, 0) is 11.8 Å². The van der Waals surface area contributed by atoms with Gasteiger partial charge < -0.3 is 10.1 Å². The molecule has 4 heterocycles. The minimum atomic E-state index is 0.313. The molecule has 1 aliphatic heterocycles.